The molecule has 0 unspecified atom stereocenters. The molecule has 5 rings (SSSR count). The first-order valence-electron chi connectivity index (χ1n) is 13.0. The lowest BCUT2D eigenvalue weighted by Crippen LogP contribution is -2.44. The van der Waals surface area contributed by atoms with Crippen molar-refractivity contribution in [2.45, 2.75) is 25.9 Å². The Balaban J connectivity index is 1.27. The van der Waals surface area contributed by atoms with Crippen LogP contribution in [0.2, 0.25) is 0 Å². The highest BCUT2D eigenvalue weighted by Gasteiger charge is 2.39. The lowest BCUT2D eigenvalue weighted by molar-refractivity contribution is -0.137. The number of carbonyl (C=O) groups excluding carboxylic acids is 3. The van der Waals surface area contributed by atoms with Gasteiger partial charge in [-0.25, -0.2) is 4.98 Å². The predicted octanol–water partition coefficient (Wildman–Crippen LogP) is 3.75. The van der Waals surface area contributed by atoms with Crippen molar-refractivity contribution in [3.05, 3.63) is 81.8 Å². The zero-order valence-electron chi connectivity index (χ0n) is 21.9. The van der Waals surface area contributed by atoms with Gasteiger partial charge in [-0.05, 0) is 44.6 Å². The van der Waals surface area contributed by atoms with Crippen LogP contribution in [0.3, 0.4) is 0 Å². The van der Waals surface area contributed by atoms with Crippen LogP contribution in [0.4, 0.5) is 5.69 Å². The molecule has 0 N–H and O–H groups in total. The number of likely N-dealkylation sites (N-methyl/N-ethyl adjacent to an activating group) is 1. The average Bonchev–Trinajstić information content (AvgIpc) is 3.54. The molecule has 3 heterocycles. The first kappa shape index (κ1) is 26.1. The van der Waals surface area contributed by atoms with E-state index in [1.54, 1.807) is 12.3 Å². The fraction of sp³-hybridized carbons (Fsp3) is 0.379. The second kappa shape index (κ2) is 11.4. The van der Waals surface area contributed by atoms with Crippen molar-refractivity contribution in [3.8, 4) is 0 Å². The molecule has 1 saturated heterocycles. The molecule has 0 radical (unpaired) electrons. The summed E-state index contributed by atoms with van der Waals surface area (Å²) in [6, 6.07) is 15.6. The Morgan fingerprint density at radius 2 is 1.76 bits per heavy atom. The Hall–Kier alpha value is -3.56. The van der Waals surface area contributed by atoms with Crippen LogP contribution in [0.1, 0.15) is 44.1 Å². The average molecular weight is 532 g/mol. The van der Waals surface area contributed by atoms with Crippen molar-refractivity contribution in [2.24, 2.45) is 5.92 Å². The minimum absolute atomic E-state index is 0.0624. The molecule has 3 aromatic rings. The van der Waals surface area contributed by atoms with E-state index >= 15 is 0 Å². The second-order valence-electron chi connectivity index (χ2n) is 10.1. The summed E-state index contributed by atoms with van der Waals surface area (Å²) in [6.45, 7) is 3.59. The number of thiazole rings is 1. The molecule has 0 saturated carbocycles. The molecule has 198 valence electrons. The largest absolute Gasteiger partial charge is 0.371 e. The molecule has 2 aliphatic rings. The summed E-state index contributed by atoms with van der Waals surface area (Å²) in [4.78, 5) is 51.8. The van der Waals surface area contributed by atoms with Crippen molar-refractivity contribution in [3.63, 3.8) is 0 Å². The maximum atomic E-state index is 13.6. The smallest absolute Gasteiger partial charge is 0.264 e. The summed E-state index contributed by atoms with van der Waals surface area (Å²) in [6.07, 6.45) is 3.10. The maximum Gasteiger partial charge on any atom is 0.264 e. The number of piperidine rings is 1. The van der Waals surface area contributed by atoms with E-state index in [2.05, 4.69) is 26.9 Å². The Bertz CT molecular complexity index is 1290. The Labute approximate surface area is 227 Å². The quantitative estimate of drug-likeness (QED) is 0.392. The SMILES string of the molecule is CN(C)CCN(Cc1ccccc1)C(=O)C1CCN(c2cccc3c2C(=O)N(Cc2nccs2)C3=O)CC1. The summed E-state index contributed by atoms with van der Waals surface area (Å²) >= 11 is 1.43. The summed E-state index contributed by atoms with van der Waals surface area (Å²) < 4.78 is 0. The van der Waals surface area contributed by atoms with E-state index in [1.807, 2.05) is 54.7 Å². The zero-order valence-corrected chi connectivity index (χ0v) is 22.7. The number of amides is 3. The molecule has 0 spiro atoms. The van der Waals surface area contributed by atoms with Gasteiger partial charge in [0.2, 0.25) is 5.91 Å². The normalized spacial score (nSPS) is 15.9. The minimum Gasteiger partial charge on any atom is -0.371 e. The van der Waals surface area contributed by atoms with Crippen LogP contribution in [-0.2, 0) is 17.9 Å². The van der Waals surface area contributed by atoms with E-state index in [9.17, 15) is 14.4 Å². The van der Waals surface area contributed by atoms with Crippen molar-refractivity contribution in [1.82, 2.24) is 19.7 Å². The van der Waals surface area contributed by atoms with E-state index in [4.69, 9.17) is 0 Å². The third-order valence-corrected chi connectivity index (χ3v) is 8.05. The van der Waals surface area contributed by atoms with E-state index in [1.165, 1.54) is 16.2 Å². The molecule has 2 aliphatic heterocycles. The van der Waals surface area contributed by atoms with Gasteiger partial charge in [0.25, 0.3) is 11.8 Å². The molecule has 8 nitrogen and oxygen atoms in total. The third-order valence-electron chi connectivity index (χ3n) is 7.28. The van der Waals surface area contributed by atoms with Gasteiger partial charge in [-0.2, -0.15) is 0 Å². The van der Waals surface area contributed by atoms with E-state index in [0.29, 0.717) is 50.1 Å². The molecular formula is C29H33N5O3S. The number of hydrogen-bond donors (Lipinski definition) is 0. The molecule has 1 fully saturated rings. The molecule has 0 bridgehead atoms. The lowest BCUT2D eigenvalue weighted by Gasteiger charge is -2.36. The highest BCUT2D eigenvalue weighted by atomic mass is 32.1. The van der Waals surface area contributed by atoms with Crippen molar-refractivity contribution < 1.29 is 14.4 Å². The highest BCUT2D eigenvalue weighted by molar-refractivity contribution is 7.09. The van der Waals surface area contributed by atoms with Gasteiger partial charge in [0.15, 0.2) is 0 Å². The minimum atomic E-state index is -0.274. The van der Waals surface area contributed by atoms with Crippen LogP contribution in [-0.4, -0.2) is 77.7 Å². The Morgan fingerprint density at radius 1 is 1.00 bits per heavy atom. The Morgan fingerprint density at radius 3 is 2.45 bits per heavy atom. The molecular weight excluding hydrogens is 498 g/mol. The molecule has 9 heteroatoms. The topological polar surface area (TPSA) is 77.1 Å². The van der Waals surface area contributed by atoms with Gasteiger partial charge in [0, 0.05) is 50.2 Å². The third kappa shape index (κ3) is 5.49. The molecule has 38 heavy (non-hydrogen) atoms. The summed E-state index contributed by atoms with van der Waals surface area (Å²) in [7, 11) is 4.04. The lowest BCUT2D eigenvalue weighted by atomic mass is 9.93. The molecule has 0 aliphatic carbocycles. The number of carbonyl (C=O) groups is 3. The van der Waals surface area contributed by atoms with Gasteiger partial charge in [0.05, 0.1) is 23.4 Å². The first-order chi connectivity index (χ1) is 18.4. The van der Waals surface area contributed by atoms with Gasteiger partial charge in [0.1, 0.15) is 5.01 Å². The van der Waals surface area contributed by atoms with E-state index in [0.717, 1.165) is 22.8 Å². The van der Waals surface area contributed by atoms with Gasteiger partial charge in [-0.15, -0.1) is 11.3 Å². The number of rotatable bonds is 9. The number of imide groups is 1. The fourth-order valence-corrected chi connectivity index (χ4v) is 5.81. The van der Waals surface area contributed by atoms with Crippen LogP contribution in [0.5, 0.6) is 0 Å². The summed E-state index contributed by atoms with van der Waals surface area (Å²) in [5, 5.41) is 2.57. The maximum absolute atomic E-state index is 13.6. The van der Waals surface area contributed by atoms with E-state index in [-0.39, 0.29) is 30.2 Å². The van der Waals surface area contributed by atoms with Crippen LogP contribution in [0.25, 0.3) is 0 Å². The number of aromatic nitrogens is 1. The Kier molecular flexibility index (Phi) is 7.85. The molecule has 1 aromatic heterocycles. The first-order valence-corrected chi connectivity index (χ1v) is 13.9. The summed E-state index contributed by atoms with van der Waals surface area (Å²) in [5.74, 6) is -0.418. The fourth-order valence-electron chi connectivity index (χ4n) is 5.21. The molecule has 2 aromatic carbocycles. The van der Waals surface area contributed by atoms with E-state index < -0.39 is 0 Å². The zero-order chi connectivity index (χ0) is 26.6. The van der Waals surface area contributed by atoms with Crippen molar-refractivity contribution in [2.75, 3.05) is 45.2 Å². The van der Waals surface area contributed by atoms with Crippen LogP contribution in [0.15, 0.2) is 60.1 Å². The number of anilines is 1. The monoisotopic (exact) mass is 531 g/mol. The van der Waals surface area contributed by atoms with Crippen LogP contribution >= 0.6 is 11.3 Å². The van der Waals surface area contributed by atoms with Crippen molar-refractivity contribution in [1.29, 1.82) is 0 Å². The van der Waals surface area contributed by atoms with Crippen LogP contribution < -0.4 is 4.90 Å². The predicted molar refractivity (Wildman–Crippen MR) is 148 cm³/mol. The highest BCUT2D eigenvalue weighted by Crippen LogP contribution is 2.35. The molecule has 3 amide bonds. The van der Waals surface area contributed by atoms with Gasteiger partial charge >= 0.3 is 0 Å². The van der Waals surface area contributed by atoms with Crippen molar-refractivity contribution >= 4 is 34.7 Å². The van der Waals surface area contributed by atoms with Gasteiger partial charge in [-0.1, -0.05) is 36.4 Å². The molecule has 0 atom stereocenters. The number of benzene rings is 2. The number of fused-ring (bicyclic) bond motifs is 1. The standard InChI is InChI=1S/C29H33N5O3S/c1-31(2)16-17-33(19-21-7-4-3-5-8-21)27(35)22-11-14-32(15-12-22)24-10-6-9-23-26(24)29(37)34(28(23)36)20-25-30-13-18-38-25/h3-10,13,18,22H,11-12,14-17,19-20H2,1-2H3. The second-order valence-corrected chi connectivity index (χ2v) is 11.1. The number of hydrogen-bond acceptors (Lipinski definition) is 7. The van der Waals surface area contributed by atoms with Gasteiger partial charge < -0.3 is 14.7 Å². The summed E-state index contributed by atoms with van der Waals surface area (Å²) in [5.41, 5.74) is 2.82. The van der Waals surface area contributed by atoms with Crippen LogP contribution in [0, 0.1) is 5.92 Å². The number of nitrogens with zero attached hydrogens (tertiary/aromatic N) is 5. The van der Waals surface area contributed by atoms with Gasteiger partial charge in [-0.3, -0.25) is 19.3 Å².